The lowest BCUT2D eigenvalue weighted by atomic mass is 10.1. The number of fused-ring (bicyclic) bond motifs is 1. The van der Waals surface area contributed by atoms with Gasteiger partial charge in [0, 0.05) is 24.8 Å². The SMILES string of the molecule is Cc1noc2nc(C3CC3)cc(C(=O)NCCCO)c12. The molecule has 0 aliphatic heterocycles. The van der Waals surface area contributed by atoms with Gasteiger partial charge in [-0.2, -0.15) is 0 Å². The van der Waals surface area contributed by atoms with E-state index in [-0.39, 0.29) is 12.5 Å². The monoisotopic (exact) mass is 275 g/mol. The zero-order chi connectivity index (χ0) is 14.1. The molecule has 20 heavy (non-hydrogen) atoms. The van der Waals surface area contributed by atoms with Crippen molar-refractivity contribution in [3.8, 4) is 0 Å². The summed E-state index contributed by atoms with van der Waals surface area (Å²) in [5.41, 5.74) is 2.57. The number of nitrogens with one attached hydrogen (secondary N) is 1. The van der Waals surface area contributed by atoms with E-state index in [1.54, 1.807) is 6.92 Å². The van der Waals surface area contributed by atoms with Gasteiger partial charge in [0.1, 0.15) is 0 Å². The Morgan fingerprint density at radius 3 is 3.05 bits per heavy atom. The van der Waals surface area contributed by atoms with Gasteiger partial charge in [-0.05, 0) is 32.3 Å². The van der Waals surface area contributed by atoms with Crippen molar-refractivity contribution in [2.24, 2.45) is 0 Å². The van der Waals surface area contributed by atoms with Crippen LogP contribution in [0, 0.1) is 6.92 Å². The van der Waals surface area contributed by atoms with Gasteiger partial charge in [-0.15, -0.1) is 0 Å². The van der Waals surface area contributed by atoms with E-state index >= 15 is 0 Å². The van der Waals surface area contributed by atoms with Crippen LogP contribution in [-0.2, 0) is 0 Å². The number of amides is 1. The molecule has 0 aromatic carbocycles. The summed E-state index contributed by atoms with van der Waals surface area (Å²) in [6.07, 6.45) is 2.76. The molecular formula is C14H17N3O3. The maximum Gasteiger partial charge on any atom is 0.259 e. The molecule has 1 saturated carbocycles. The van der Waals surface area contributed by atoms with E-state index in [9.17, 15) is 4.79 Å². The summed E-state index contributed by atoms with van der Waals surface area (Å²) in [5.74, 6) is 0.271. The summed E-state index contributed by atoms with van der Waals surface area (Å²) < 4.78 is 5.20. The summed E-state index contributed by atoms with van der Waals surface area (Å²) >= 11 is 0. The van der Waals surface area contributed by atoms with Crippen molar-refractivity contribution in [1.29, 1.82) is 0 Å². The lowest BCUT2D eigenvalue weighted by Gasteiger charge is -2.07. The van der Waals surface area contributed by atoms with Gasteiger partial charge in [0.25, 0.3) is 11.6 Å². The smallest absolute Gasteiger partial charge is 0.259 e. The molecule has 2 N–H and O–H groups in total. The van der Waals surface area contributed by atoms with Crippen LogP contribution in [0.1, 0.15) is 46.9 Å². The van der Waals surface area contributed by atoms with Crippen molar-refractivity contribution in [3.63, 3.8) is 0 Å². The molecule has 0 unspecified atom stereocenters. The summed E-state index contributed by atoms with van der Waals surface area (Å²) in [7, 11) is 0. The fraction of sp³-hybridized carbons (Fsp3) is 0.500. The third kappa shape index (κ3) is 2.38. The van der Waals surface area contributed by atoms with Crippen molar-refractivity contribution in [1.82, 2.24) is 15.5 Å². The Balaban J connectivity index is 1.97. The number of carbonyl (C=O) groups excluding carboxylic acids is 1. The van der Waals surface area contributed by atoms with Crippen molar-refractivity contribution in [2.75, 3.05) is 13.2 Å². The number of nitrogens with zero attached hydrogens (tertiary/aromatic N) is 2. The zero-order valence-electron chi connectivity index (χ0n) is 11.3. The van der Waals surface area contributed by atoms with Crippen LogP contribution < -0.4 is 5.32 Å². The van der Waals surface area contributed by atoms with Gasteiger partial charge in [-0.1, -0.05) is 5.16 Å². The molecule has 2 aromatic heterocycles. The van der Waals surface area contributed by atoms with Crippen molar-refractivity contribution in [2.45, 2.75) is 32.1 Å². The van der Waals surface area contributed by atoms with Crippen LogP contribution in [0.4, 0.5) is 0 Å². The minimum absolute atomic E-state index is 0.0612. The number of aromatic nitrogens is 2. The number of aliphatic hydroxyl groups is 1. The minimum atomic E-state index is -0.168. The first-order valence-corrected chi connectivity index (χ1v) is 6.86. The molecule has 0 spiro atoms. The van der Waals surface area contributed by atoms with E-state index in [2.05, 4.69) is 15.5 Å². The normalized spacial score (nSPS) is 14.7. The van der Waals surface area contributed by atoms with Gasteiger partial charge >= 0.3 is 0 Å². The Morgan fingerprint density at radius 2 is 2.35 bits per heavy atom. The fourth-order valence-electron chi connectivity index (χ4n) is 2.26. The second-order valence-electron chi connectivity index (χ2n) is 5.15. The maximum atomic E-state index is 12.3. The number of carbonyl (C=O) groups is 1. The number of hydrogen-bond donors (Lipinski definition) is 2. The second kappa shape index (κ2) is 5.20. The summed E-state index contributed by atoms with van der Waals surface area (Å²) in [6, 6.07) is 1.85. The van der Waals surface area contributed by atoms with Gasteiger partial charge in [0.05, 0.1) is 16.6 Å². The highest BCUT2D eigenvalue weighted by Crippen LogP contribution is 2.40. The molecule has 0 atom stereocenters. The predicted molar refractivity (Wildman–Crippen MR) is 72.6 cm³/mol. The van der Waals surface area contributed by atoms with Crippen LogP contribution in [0.15, 0.2) is 10.6 Å². The van der Waals surface area contributed by atoms with Crippen LogP contribution in [-0.4, -0.2) is 34.3 Å². The Bertz CT molecular complexity index is 646. The van der Waals surface area contributed by atoms with Gasteiger partial charge in [-0.3, -0.25) is 4.79 Å². The summed E-state index contributed by atoms with van der Waals surface area (Å²) in [6.45, 7) is 2.31. The fourth-order valence-corrected chi connectivity index (χ4v) is 2.26. The molecule has 3 rings (SSSR count). The lowest BCUT2D eigenvalue weighted by Crippen LogP contribution is -2.25. The molecular weight excluding hydrogens is 258 g/mol. The second-order valence-corrected chi connectivity index (χ2v) is 5.15. The molecule has 0 radical (unpaired) electrons. The average Bonchev–Trinajstić information content (AvgIpc) is 3.23. The summed E-state index contributed by atoms with van der Waals surface area (Å²) in [5, 5.41) is 16.1. The number of rotatable bonds is 5. The van der Waals surface area contributed by atoms with E-state index in [1.807, 2.05) is 6.07 Å². The highest BCUT2D eigenvalue weighted by atomic mass is 16.5. The molecule has 6 heteroatoms. The van der Waals surface area contributed by atoms with Crippen LogP contribution >= 0.6 is 0 Å². The first-order valence-electron chi connectivity index (χ1n) is 6.86. The largest absolute Gasteiger partial charge is 0.396 e. The van der Waals surface area contributed by atoms with Gasteiger partial charge in [-0.25, -0.2) is 4.98 Å². The Hall–Kier alpha value is -1.95. The van der Waals surface area contributed by atoms with Crippen molar-refractivity contribution < 1.29 is 14.4 Å². The lowest BCUT2D eigenvalue weighted by molar-refractivity contribution is 0.0952. The molecule has 0 saturated heterocycles. The van der Waals surface area contributed by atoms with Crippen LogP contribution in [0.2, 0.25) is 0 Å². The molecule has 2 aromatic rings. The minimum Gasteiger partial charge on any atom is -0.396 e. The molecule has 1 aliphatic rings. The molecule has 6 nitrogen and oxygen atoms in total. The highest BCUT2D eigenvalue weighted by molar-refractivity contribution is 6.06. The number of hydrogen-bond acceptors (Lipinski definition) is 5. The zero-order valence-corrected chi connectivity index (χ0v) is 11.3. The van der Waals surface area contributed by atoms with Gasteiger partial charge < -0.3 is 14.9 Å². The van der Waals surface area contributed by atoms with E-state index in [4.69, 9.17) is 9.63 Å². The predicted octanol–water partition coefficient (Wildman–Crippen LogP) is 1.52. The maximum absolute atomic E-state index is 12.3. The number of pyridine rings is 1. The quantitative estimate of drug-likeness (QED) is 0.808. The third-order valence-electron chi connectivity index (χ3n) is 3.50. The molecule has 1 amide bonds. The van der Waals surface area contributed by atoms with Crippen molar-refractivity contribution >= 4 is 17.0 Å². The van der Waals surface area contributed by atoms with Gasteiger partial charge in [0.15, 0.2) is 0 Å². The van der Waals surface area contributed by atoms with E-state index in [1.165, 1.54) is 0 Å². The number of aryl methyl sites for hydroxylation is 1. The number of aliphatic hydroxyl groups excluding tert-OH is 1. The Morgan fingerprint density at radius 1 is 1.55 bits per heavy atom. The van der Waals surface area contributed by atoms with Crippen LogP contribution in [0.5, 0.6) is 0 Å². The molecule has 0 bridgehead atoms. The van der Waals surface area contributed by atoms with E-state index in [0.29, 0.717) is 41.2 Å². The first kappa shape index (κ1) is 13.1. The third-order valence-corrected chi connectivity index (χ3v) is 3.50. The van der Waals surface area contributed by atoms with Crippen molar-refractivity contribution in [3.05, 3.63) is 23.0 Å². The summed E-state index contributed by atoms with van der Waals surface area (Å²) in [4.78, 5) is 16.7. The van der Waals surface area contributed by atoms with Crippen LogP contribution in [0.25, 0.3) is 11.1 Å². The molecule has 1 aliphatic carbocycles. The molecule has 1 fully saturated rings. The first-order chi connectivity index (χ1) is 9.70. The topological polar surface area (TPSA) is 88.2 Å². The average molecular weight is 275 g/mol. The highest BCUT2D eigenvalue weighted by Gasteiger charge is 2.28. The molecule has 2 heterocycles. The van der Waals surface area contributed by atoms with E-state index in [0.717, 1.165) is 18.5 Å². The Kier molecular flexibility index (Phi) is 3.40. The van der Waals surface area contributed by atoms with Crippen LogP contribution in [0.3, 0.4) is 0 Å². The van der Waals surface area contributed by atoms with E-state index < -0.39 is 0 Å². The molecule has 106 valence electrons. The standard InChI is InChI=1S/C14H17N3O3/c1-8-12-10(13(19)15-5-2-6-18)7-11(9-3-4-9)16-14(12)20-17-8/h7,9,18H,2-6H2,1H3,(H,15,19). The Labute approximate surface area is 116 Å². The van der Waals surface area contributed by atoms with Gasteiger partial charge in [0.2, 0.25) is 0 Å².